The van der Waals surface area contributed by atoms with E-state index in [1.54, 1.807) is 0 Å². The second kappa shape index (κ2) is 12.7. The number of para-hydroxylation sites is 1. The Morgan fingerprint density at radius 3 is 1.39 bits per heavy atom. The zero-order valence-corrected chi connectivity index (χ0v) is 31.7. The van der Waals surface area contributed by atoms with Crippen LogP contribution in [-0.2, 0) is 0 Å². The van der Waals surface area contributed by atoms with Gasteiger partial charge >= 0.3 is 0 Å². The van der Waals surface area contributed by atoms with E-state index in [0.717, 1.165) is 11.4 Å². The molecule has 0 N–H and O–H groups in total. The maximum atomic E-state index is 2.46. The van der Waals surface area contributed by atoms with E-state index >= 15 is 0 Å². The standard InChI is InChI=1S/C54H34N2S/c1-4-13-35(14-5-1)38-25-29-49-45(31-38)47-33-48-46-32-39(36-15-6-2-7-16-36)26-30-50(46)56(52(48)34-51(47)55(49)40-17-8-3-9-18-40)41-27-23-37(24-28-41)42-20-12-21-44-43-19-10-11-22-53(43)57-54(42)44/h1-34H. The summed E-state index contributed by atoms with van der Waals surface area (Å²) in [5.41, 5.74) is 14.4. The molecular weight excluding hydrogens is 709 g/mol. The number of hydrogen-bond donors (Lipinski definition) is 0. The highest BCUT2D eigenvalue weighted by molar-refractivity contribution is 7.26. The Labute approximate surface area is 333 Å². The molecule has 0 amide bonds. The molecule has 0 aliphatic heterocycles. The summed E-state index contributed by atoms with van der Waals surface area (Å²) in [6, 6.07) is 75.7. The highest BCUT2D eigenvalue weighted by Gasteiger charge is 2.20. The Morgan fingerprint density at radius 2 is 0.772 bits per heavy atom. The minimum absolute atomic E-state index is 1.14. The van der Waals surface area contributed by atoms with Crippen molar-refractivity contribution in [2.75, 3.05) is 0 Å². The summed E-state index contributed by atoms with van der Waals surface area (Å²) in [5.74, 6) is 0. The van der Waals surface area contributed by atoms with Gasteiger partial charge in [-0.1, -0.05) is 140 Å². The van der Waals surface area contributed by atoms with Gasteiger partial charge in [-0.25, -0.2) is 0 Å². The number of nitrogens with zero attached hydrogens (tertiary/aromatic N) is 2. The lowest BCUT2D eigenvalue weighted by Gasteiger charge is -2.11. The van der Waals surface area contributed by atoms with Crippen LogP contribution in [0.1, 0.15) is 0 Å². The van der Waals surface area contributed by atoms with Gasteiger partial charge in [0.1, 0.15) is 0 Å². The quantitative estimate of drug-likeness (QED) is 0.166. The van der Waals surface area contributed by atoms with Crippen molar-refractivity contribution >= 4 is 75.1 Å². The molecule has 9 aromatic carbocycles. The SMILES string of the molecule is c1ccc(-c2ccc3c(c2)c2cc4c5cc(-c6ccccc6)ccc5n(-c5ccc(-c6cccc7c6sc6ccccc67)cc5)c4cc2n3-c2ccccc2)cc1. The smallest absolute Gasteiger partial charge is 0.0562 e. The molecule has 0 aliphatic carbocycles. The van der Waals surface area contributed by atoms with E-state index in [9.17, 15) is 0 Å². The van der Waals surface area contributed by atoms with Gasteiger partial charge < -0.3 is 9.13 Å². The van der Waals surface area contributed by atoms with E-state index in [2.05, 4.69) is 215 Å². The molecule has 0 saturated heterocycles. The van der Waals surface area contributed by atoms with Crippen molar-refractivity contribution < 1.29 is 0 Å². The lowest BCUT2D eigenvalue weighted by molar-refractivity contribution is 1.16. The molecule has 12 aromatic rings. The molecule has 3 aromatic heterocycles. The van der Waals surface area contributed by atoms with Gasteiger partial charge in [0, 0.05) is 53.1 Å². The zero-order chi connectivity index (χ0) is 37.5. The van der Waals surface area contributed by atoms with Crippen LogP contribution in [0.15, 0.2) is 206 Å². The van der Waals surface area contributed by atoms with E-state index in [1.165, 1.54) is 97.2 Å². The second-order valence-electron chi connectivity index (χ2n) is 14.9. The van der Waals surface area contributed by atoms with Crippen LogP contribution < -0.4 is 0 Å². The normalized spacial score (nSPS) is 11.9. The Hall–Kier alpha value is -7.20. The van der Waals surface area contributed by atoms with Gasteiger partial charge in [0.2, 0.25) is 0 Å². The average molecular weight is 743 g/mol. The van der Waals surface area contributed by atoms with Crippen molar-refractivity contribution in [3.05, 3.63) is 206 Å². The molecule has 57 heavy (non-hydrogen) atoms. The second-order valence-corrected chi connectivity index (χ2v) is 16.0. The van der Waals surface area contributed by atoms with Crippen LogP contribution in [0.3, 0.4) is 0 Å². The van der Waals surface area contributed by atoms with Crippen LogP contribution in [0, 0.1) is 0 Å². The molecule has 0 radical (unpaired) electrons. The van der Waals surface area contributed by atoms with E-state index < -0.39 is 0 Å². The molecule has 0 spiro atoms. The van der Waals surface area contributed by atoms with Gasteiger partial charge in [-0.05, 0) is 100 Å². The van der Waals surface area contributed by atoms with Crippen molar-refractivity contribution in [1.82, 2.24) is 9.13 Å². The Kier molecular flexibility index (Phi) is 7.13. The lowest BCUT2D eigenvalue weighted by atomic mass is 10.0. The first-order chi connectivity index (χ1) is 28.3. The Bertz CT molecular complexity index is 3480. The highest BCUT2D eigenvalue weighted by Crippen LogP contribution is 2.43. The van der Waals surface area contributed by atoms with Gasteiger partial charge in [-0.3, -0.25) is 0 Å². The third-order valence-corrected chi connectivity index (χ3v) is 12.9. The molecule has 0 unspecified atom stereocenters. The van der Waals surface area contributed by atoms with Gasteiger partial charge in [0.05, 0.1) is 22.1 Å². The minimum Gasteiger partial charge on any atom is -0.309 e. The molecule has 0 bridgehead atoms. The number of fused-ring (bicyclic) bond motifs is 9. The van der Waals surface area contributed by atoms with Crippen molar-refractivity contribution in [3.8, 4) is 44.8 Å². The number of hydrogen-bond acceptors (Lipinski definition) is 1. The number of aromatic nitrogens is 2. The summed E-state index contributed by atoms with van der Waals surface area (Å²) in [5, 5.41) is 7.63. The first kappa shape index (κ1) is 32.1. The molecule has 0 saturated carbocycles. The third-order valence-electron chi connectivity index (χ3n) is 11.7. The van der Waals surface area contributed by atoms with Crippen molar-refractivity contribution in [2.24, 2.45) is 0 Å². The first-order valence-electron chi connectivity index (χ1n) is 19.5. The highest BCUT2D eigenvalue weighted by atomic mass is 32.1. The molecule has 3 heteroatoms. The van der Waals surface area contributed by atoms with Gasteiger partial charge in [-0.15, -0.1) is 11.3 Å². The predicted molar refractivity (Wildman–Crippen MR) is 244 cm³/mol. The van der Waals surface area contributed by atoms with E-state index in [-0.39, 0.29) is 0 Å². The van der Waals surface area contributed by atoms with Gasteiger partial charge in [-0.2, -0.15) is 0 Å². The molecule has 2 nitrogen and oxygen atoms in total. The van der Waals surface area contributed by atoms with Crippen LogP contribution in [0.2, 0.25) is 0 Å². The van der Waals surface area contributed by atoms with E-state index in [4.69, 9.17) is 0 Å². The predicted octanol–water partition coefficient (Wildman–Crippen LogP) is 15.2. The molecule has 0 aliphatic rings. The maximum Gasteiger partial charge on any atom is 0.0562 e. The molecular formula is C54H34N2S. The van der Waals surface area contributed by atoms with Gasteiger partial charge in [0.15, 0.2) is 0 Å². The van der Waals surface area contributed by atoms with Crippen molar-refractivity contribution in [3.63, 3.8) is 0 Å². The molecule has 0 atom stereocenters. The number of rotatable bonds is 5. The lowest BCUT2D eigenvalue weighted by Crippen LogP contribution is -1.96. The summed E-state index contributed by atoms with van der Waals surface area (Å²) in [6.45, 7) is 0. The minimum atomic E-state index is 1.14. The third kappa shape index (κ3) is 5.03. The summed E-state index contributed by atoms with van der Waals surface area (Å²) in [7, 11) is 0. The summed E-state index contributed by atoms with van der Waals surface area (Å²) < 4.78 is 7.56. The molecule has 0 fully saturated rings. The fourth-order valence-electron chi connectivity index (χ4n) is 9.05. The molecule has 3 heterocycles. The molecule has 266 valence electrons. The van der Waals surface area contributed by atoms with Crippen LogP contribution in [0.25, 0.3) is 109 Å². The maximum absolute atomic E-state index is 2.46. The van der Waals surface area contributed by atoms with Crippen LogP contribution in [0.4, 0.5) is 0 Å². The van der Waals surface area contributed by atoms with E-state index in [1.807, 2.05) is 11.3 Å². The first-order valence-corrected chi connectivity index (χ1v) is 20.3. The Balaban J connectivity index is 1.12. The summed E-state index contributed by atoms with van der Waals surface area (Å²) >= 11 is 1.88. The van der Waals surface area contributed by atoms with Crippen molar-refractivity contribution in [1.29, 1.82) is 0 Å². The van der Waals surface area contributed by atoms with Crippen LogP contribution in [0.5, 0.6) is 0 Å². The number of thiophene rings is 1. The average Bonchev–Trinajstić information content (AvgIpc) is 3.93. The monoisotopic (exact) mass is 742 g/mol. The fourth-order valence-corrected chi connectivity index (χ4v) is 10.3. The zero-order valence-electron chi connectivity index (χ0n) is 30.9. The summed E-state index contributed by atoms with van der Waals surface area (Å²) in [4.78, 5) is 0. The van der Waals surface area contributed by atoms with Gasteiger partial charge in [0.25, 0.3) is 0 Å². The van der Waals surface area contributed by atoms with Crippen molar-refractivity contribution in [2.45, 2.75) is 0 Å². The topological polar surface area (TPSA) is 9.86 Å². The molecule has 12 rings (SSSR count). The Morgan fingerprint density at radius 1 is 0.281 bits per heavy atom. The van der Waals surface area contributed by atoms with E-state index in [0.29, 0.717) is 0 Å². The van der Waals surface area contributed by atoms with Crippen LogP contribution >= 0.6 is 11.3 Å². The summed E-state index contributed by atoms with van der Waals surface area (Å²) in [6.07, 6.45) is 0. The fraction of sp³-hybridized carbons (Fsp3) is 0. The number of benzene rings is 9. The largest absolute Gasteiger partial charge is 0.309 e. The van der Waals surface area contributed by atoms with Crippen LogP contribution in [-0.4, -0.2) is 9.13 Å².